The van der Waals surface area contributed by atoms with Crippen molar-refractivity contribution in [2.45, 2.75) is 6.18 Å². The number of carbonyl (C=O) groups excluding carboxylic acids is 1. The van der Waals surface area contributed by atoms with Gasteiger partial charge >= 0.3 is 6.18 Å². The summed E-state index contributed by atoms with van der Waals surface area (Å²) < 4.78 is 46.2. The van der Waals surface area contributed by atoms with Crippen molar-refractivity contribution < 1.29 is 27.4 Å². The third kappa shape index (κ3) is 6.35. The molecule has 5 nitrogen and oxygen atoms in total. The highest BCUT2D eigenvalue weighted by Crippen LogP contribution is 2.26. The minimum atomic E-state index is -4.39. The van der Waals surface area contributed by atoms with E-state index < -0.39 is 12.8 Å². The second kappa shape index (κ2) is 9.45. The second-order valence-corrected chi connectivity index (χ2v) is 6.92. The fourth-order valence-electron chi connectivity index (χ4n) is 2.38. The first kappa shape index (κ1) is 21.4. The molecule has 1 aromatic heterocycles. The highest BCUT2D eigenvalue weighted by molar-refractivity contribution is 7.14. The summed E-state index contributed by atoms with van der Waals surface area (Å²) in [5, 5.41) is 4.96. The molecule has 0 atom stereocenters. The predicted octanol–water partition coefficient (Wildman–Crippen LogP) is 5.41. The number of amides is 1. The first-order valence-corrected chi connectivity index (χ1v) is 9.59. The molecule has 0 aliphatic rings. The Hall–Kier alpha value is -3.33. The van der Waals surface area contributed by atoms with E-state index in [1.807, 2.05) is 29.6 Å². The summed E-state index contributed by atoms with van der Waals surface area (Å²) in [4.78, 5) is 16.5. The minimum Gasteiger partial charge on any atom is -0.497 e. The number of ether oxygens (including phenoxy) is 2. The zero-order valence-corrected chi connectivity index (χ0v) is 16.6. The fourth-order valence-corrected chi connectivity index (χ4v) is 3.11. The summed E-state index contributed by atoms with van der Waals surface area (Å²) in [7, 11) is 1.59. The van der Waals surface area contributed by atoms with Gasteiger partial charge in [-0.2, -0.15) is 13.2 Å². The Kier molecular flexibility index (Phi) is 6.73. The molecule has 156 valence electrons. The number of benzene rings is 2. The topological polar surface area (TPSA) is 60.5 Å². The van der Waals surface area contributed by atoms with E-state index in [0.717, 1.165) is 17.0 Å². The molecule has 0 saturated carbocycles. The van der Waals surface area contributed by atoms with Crippen molar-refractivity contribution in [1.29, 1.82) is 0 Å². The summed E-state index contributed by atoms with van der Waals surface area (Å²) in [6, 6.07) is 13.3. The van der Waals surface area contributed by atoms with Crippen molar-refractivity contribution in [3.05, 3.63) is 65.6 Å². The van der Waals surface area contributed by atoms with Crippen LogP contribution in [0.1, 0.15) is 5.56 Å². The maximum Gasteiger partial charge on any atom is 0.422 e. The largest absolute Gasteiger partial charge is 0.497 e. The Balaban J connectivity index is 1.55. The number of alkyl halides is 3. The minimum absolute atomic E-state index is 0.0998. The molecule has 0 bridgehead atoms. The van der Waals surface area contributed by atoms with Crippen molar-refractivity contribution >= 4 is 28.5 Å². The predicted molar refractivity (Wildman–Crippen MR) is 110 cm³/mol. The molecular formula is C21H17F3N2O3S. The Morgan fingerprint density at radius 3 is 2.40 bits per heavy atom. The van der Waals surface area contributed by atoms with Gasteiger partial charge in [-0.05, 0) is 48.0 Å². The zero-order chi connectivity index (χ0) is 21.6. The number of carbonyl (C=O) groups is 1. The quantitative estimate of drug-likeness (QED) is 0.505. The van der Waals surface area contributed by atoms with Crippen LogP contribution >= 0.6 is 11.3 Å². The Morgan fingerprint density at radius 2 is 1.77 bits per heavy atom. The first-order chi connectivity index (χ1) is 14.3. The standard InChI is InChI=1S/C21H17F3N2O3S/c1-28-16-9-5-15(6-10-16)18-12-30-20(25-18)26-19(27)11-4-14-2-7-17(8-3-14)29-13-21(22,23)24/h2-12H,13H2,1H3,(H,25,26,27)/b11-4-. The van der Waals surface area contributed by atoms with Crippen LogP contribution in [0.15, 0.2) is 60.0 Å². The molecular weight excluding hydrogens is 417 g/mol. The van der Waals surface area contributed by atoms with Crippen LogP contribution in [0.3, 0.4) is 0 Å². The monoisotopic (exact) mass is 434 g/mol. The number of hydrogen-bond donors (Lipinski definition) is 1. The van der Waals surface area contributed by atoms with Crippen LogP contribution < -0.4 is 14.8 Å². The van der Waals surface area contributed by atoms with Gasteiger partial charge in [-0.1, -0.05) is 12.1 Å². The molecule has 3 rings (SSSR count). The van der Waals surface area contributed by atoms with E-state index in [1.165, 1.54) is 29.5 Å². The van der Waals surface area contributed by atoms with Crippen LogP contribution in [-0.2, 0) is 4.79 Å². The average Bonchev–Trinajstić information content (AvgIpc) is 3.19. The number of nitrogens with one attached hydrogen (secondary N) is 1. The lowest BCUT2D eigenvalue weighted by atomic mass is 10.2. The Labute approximate surface area is 174 Å². The summed E-state index contributed by atoms with van der Waals surface area (Å²) in [5.74, 6) is 0.471. The number of aromatic nitrogens is 1. The molecule has 1 N–H and O–H groups in total. The van der Waals surface area contributed by atoms with Crippen molar-refractivity contribution in [1.82, 2.24) is 4.98 Å². The number of nitrogens with zero attached hydrogens (tertiary/aromatic N) is 1. The van der Waals surface area contributed by atoms with Gasteiger partial charge in [0.1, 0.15) is 11.5 Å². The number of thiazole rings is 1. The molecule has 9 heteroatoms. The smallest absolute Gasteiger partial charge is 0.422 e. The molecule has 2 aromatic carbocycles. The molecule has 0 aliphatic heterocycles. The highest BCUT2D eigenvalue weighted by atomic mass is 32.1. The van der Waals surface area contributed by atoms with Crippen LogP contribution in [0.2, 0.25) is 0 Å². The van der Waals surface area contributed by atoms with Gasteiger partial charge in [0.15, 0.2) is 11.7 Å². The van der Waals surface area contributed by atoms with Gasteiger partial charge in [-0.25, -0.2) is 4.98 Å². The summed E-state index contributed by atoms with van der Waals surface area (Å²) in [6.45, 7) is -1.35. The lowest BCUT2D eigenvalue weighted by Crippen LogP contribution is -2.19. The number of rotatable bonds is 7. The fraction of sp³-hybridized carbons (Fsp3) is 0.143. The molecule has 0 spiro atoms. The number of methoxy groups -OCH3 is 1. The molecule has 30 heavy (non-hydrogen) atoms. The Morgan fingerprint density at radius 1 is 1.10 bits per heavy atom. The average molecular weight is 434 g/mol. The molecule has 0 saturated heterocycles. The summed E-state index contributed by atoms with van der Waals surface area (Å²) in [5.41, 5.74) is 2.27. The van der Waals surface area contributed by atoms with E-state index >= 15 is 0 Å². The van der Waals surface area contributed by atoms with Gasteiger partial charge in [0.25, 0.3) is 0 Å². The molecule has 0 aliphatic carbocycles. The van der Waals surface area contributed by atoms with Crippen LogP contribution in [0.25, 0.3) is 17.3 Å². The van der Waals surface area contributed by atoms with Gasteiger partial charge < -0.3 is 9.47 Å². The van der Waals surface area contributed by atoms with E-state index in [-0.39, 0.29) is 11.7 Å². The van der Waals surface area contributed by atoms with E-state index in [1.54, 1.807) is 25.3 Å². The maximum atomic E-state index is 12.1. The molecule has 0 radical (unpaired) electrons. The van der Waals surface area contributed by atoms with Crippen LogP contribution in [-0.4, -0.2) is 30.8 Å². The number of anilines is 1. The number of hydrogen-bond acceptors (Lipinski definition) is 5. The summed E-state index contributed by atoms with van der Waals surface area (Å²) in [6.07, 6.45) is -1.53. The van der Waals surface area contributed by atoms with E-state index in [9.17, 15) is 18.0 Å². The molecule has 1 amide bonds. The lowest BCUT2D eigenvalue weighted by Gasteiger charge is -2.08. The van der Waals surface area contributed by atoms with Crippen LogP contribution in [0.4, 0.5) is 18.3 Å². The van der Waals surface area contributed by atoms with E-state index in [2.05, 4.69) is 15.0 Å². The van der Waals surface area contributed by atoms with Crippen LogP contribution in [0.5, 0.6) is 11.5 Å². The van der Waals surface area contributed by atoms with Crippen molar-refractivity contribution in [2.75, 3.05) is 19.0 Å². The SMILES string of the molecule is COc1ccc(-c2csc(NC(=O)/C=C\c3ccc(OCC(F)(F)F)cc3)n2)cc1. The Bertz CT molecular complexity index is 1010. The van der Waals surface area contributed by atoms with Gasteiger partial charge in [0, 0.05) is 17.0 Å². The van der Waals surface area contributed by atoms with E-state index in [0.29, 0.717) is 10.7 Å². The van der Waals surface area contributed by atoms with Crippen molar-refractivity contribution in [2.24, 2.45) is 0 Å². The highest BCUT2D eigenvalue weighted by Gasteiger charge is 2.28. The molecule has 3 aromatic rings. The second-order valence-electron chi connectivity index (χ2n) is 6.06. The van der Waals surface area contributed by atoms with Crippen molar-refractivity contribution in [3.8, 4) is 22.8 Å². The molecule has 1 heterocycles. The molecule has 0 fully saturated rings. The first-order valence-electron chi connectivity index (χ1n) is 8.71. The van der Waals surface area contributed by atoms with E-state index in [4.69, 9.17) is 4.74 Å². The van der Waals surface area contributed by atoms with Gasteiger partial charge in [0.05, 0.1) is 12.8 Å². The van der Waals surface area contributed by atoms with Gasteiger partial charge in [-0.3, -0.25) is 10.1 Å². The third-order valence-electron chi connectivity index (χ3n) is 3.83. The van der Waals surface area contributed by atoms with Crippen LogP contribution in [0, 0.1) is 0 Å². The molecule has 0 unspecified atom stereocenters. The lowest BCUT2D eigenvalue weighted by molar-refractivity contribution is -0.153. The van der Waals surface area contributed by atoms with Crippen molar-refractivity contribution in [3.63, 3.8) is 0 Å². The zero-order valence-electron chi connectivity index (χ0n) is 15.8. The maximum absolute atomic E-state index is 12.1. The normalized spacial score (nSPS) is 11.5. The van der Waals surface area contributed by atoms with Gasteiger partial charge in [-0.15, -0.1) is 11.3 Å². The third-order valence-corrected chi connectivity index (χ3v) is 4.59. The number of halogens is 3. The summed E-state index contributed by atoms with van der Waals surface area (Å²) >= 11 is 1.30. The van der Waals surface area contributed by atoms with Gasteiger partial charge in [0.2, 0.25) is 5.91 Å².